The molecule has 3 rings (SSSR count). The molecule has 2 heterocycles. The topological polar surface area (TPSA) is 201 Å². The largest absolute Gasteiger partial charge is 0.480 e. The van der Waals surface area contributed by atoms with Crippen LogP contribution in [-0.2, 0) is 24.0 Å². The van der Waals surface area contributed by atoms with Crippen molar-refractivity contribution in [2.45, 2.75) is 65.7 Å². The van der Waals surface area contributed by atoms with Crippen molar-refractivity contribution in [2.75, 3.05) is 21.9 Å². The zero-order valence-electron chi connectivity index (χ0n) is 25.3. The van der Waals surface area contributed by atoms with Crippen LogP contribution in [0.5, 0.6) is 0 Å². The fraction of sp³-hybridized carbons (Fsp3) is 0.536. The molecule has 2 aromatic heterocycles. The summed E-state index contributed by atoms with van der Waals surface area (Å²) in [7, 11) is 0. The van der Waals surface area contributed by atoms with Crippen molar-refractivity contribution in [2.24, 2.45) is 11.8 Å². The lowest BCUT2D eigenvalue weighted by molar-refractivity contribution is -0.141. The summed E-state index contributed by atoms with van der Waals surface area (Å²) in [4.78, 5) is 79.6. The summed E-state index contributed by atoms with van der Waals surface area (Å²) in [6, 6.07) is -2.39. The van der Waals surface area contributed by atoms with Gasteiger partial charge in [0.25, 0.3) is 0 Å². The van der Waals surface area contributed by atoms with Crippen molar-refractivity contribution in [3.05, 3.63) is 36.2 Å². The van der Waals surface area contributed by atoms with Crippen molar-refractivity contribution < 1.29 is 34.2 Å². The van der Waals surface area contributed by atoms with Crippen molar-refractivity contribution in [1.29, 1.82) is 0 Å². The second-order valence-electron chi connectivity index (χ2n) is 10.3. The number of nitrogens with one attached hydrogen (secondary N) is 2. The van der Waals surface area contributed by atoms with Gasteiger partial charge in [-0.2, -0.15) is 0 Å². The van der Waals surface area contributed by atoms with Crippen molar-refractivity contribution in [1.82, 2.24) is 30.6 Å². The van der Waals surface area contributed by atoms with Gasteiger partial charge < -0.3 is 20.8 Å². The SMILES string of the molecule is CC(=O)N[C@@H](CSC(c1cnc(SCCl)cn1)C1CCCC(C(SC[C@H](NC(C)=O)C(=O)O)c2cnc(SCCl)cn2)C1=O)C(=O)O. The second-order valence-corrected chi connectivity index (χ2v) is 15.8. The zero-order chi connectivity index (χ0) is 34.5. The lowest BCUT2D eigenvalue weighted by Gasteiger charge is -2.36. The smallest absolute Gasteiger partial charge is 0.327 e. The summed E-state index contributed by atoms with van der Waals surface area (Å²) in [6.45, 7) is 2.46. The highest BCUT2D eigenvalue weighted by Gasteiger charge is 2.43. The number of carbonyl (C=O) groups is 5. The van der Waals surface area contributed by atoms with Crippen molar-refractivity contribution in [3.63, 3.8) is 0 Å². The number of carboxylic acid groups (broad SMARTS) is 2. The summed E-state index contributed by atoms with van der Waals surface area (Å²) in [6.07, 6.45) is 7.81. The third-order valence-electron chi connectivity index (χ3n) is 7.01. The van der Waals surface area contributed by atoms with Crippen LogP contribution in [0.25, 0.3) is 0 Å². The Kier molecular flexibility index (Phi) is 16.3. The maximum Gasteiger partial charge on any atom is 0.327 e. The summed E-state index contributed by atoms with van der Waals surface area (Å²) in [5, 5.41) is 24.8. The Hall–Kier alpha value is -2.31. The van der Waals surface area contributed by atoms with Gasteiger partial charge in [-0.3, -0.25) is 24.4 Å². The van der Waals surface area contributed by atoms with Crippen LogP contribution in [0, 0.1) is 11.8 Å². The van der Waals surface area contributed by atoms with Crippen LogP contribution in [0.3, 0.4) is 0 Å². The fourth-order valence-electron chi connectivity index (χ4n) is 4.98. The molecule has 1 aliphatic rings. The molecule has 4 unspecified atom stereocenters. The molecular weight excluding hydrogens is 732 g/mol. The van der Waals surface area contributed by atoms with Crippen LogP contribution >= 0.6 is 70.2 Å². The minimum atomic E-state index is -1.21. The van der Waals surface area contributed by atoms with E-state index in [1.807, 2.05) is 0 Å². The first-order valence-corrected chi connectivity index (χ1v) is 19.4. The molecule has 0 bridgehead atoms. The average Bonchev–Trinajstić information content (AvgIpc) is 3.02. The summed E-state index contributed by atoms with van der Waals surface area (Å²) in [5.74, 6) is -4.83. The maximum atomic E-state index is 14.5. The van der Waals surface area contributed by atoms with Crippen LogP contribution in [-0.4, -0.2) is 93.7 Å². The highest BCUT2D eigenvalue weighted by atomic mass is 35.5. The number of Topliss-reactive ketones (excluding diaryl/α,β-unsaturated/α-hetero) is 1. The van der Waals surface area contributed by atoms with Gasteiger partial charge in [-0.25, -0.2) is 19.6 Å². The molecule has 13 nitrogen and oxygen atoms in total. The molecule has 256 valence electrons. The maximum absolute atomic E-state index is 14.5. The predicted octanol–water partition coefficient (Wildman–Crippen LogP) is 4.26. The van der Waals surface area contributed by atoms with Gasteiger partial charge in [0.05, 0.1) is 57.1 Å². The first-order chi connectivity index (χ1) is 22.4. The number of rotatable bonds is 18. The Labute approximate surface area is 298 Å². The highest BCUT2D eigenvalue weighted by Crippen LogP contribution is 2.48. The van der Waals surface area contributed by atoms with Crippen molar-refractivity contribution in [3.8, 4) is 0 Å². The molecule has 0 radical (unpaired) electrons. The van der Waals surface area contributed by atoms with Crippen molar-refractivity contribution >= 4 is 99.8 Å². The molecule has 47 heavy (non-hydrogen) atoms. The van der Waals surface area contributed by atoms with Gasteiger partial charge in [0.15, 0.2) is 0 Å². The zero-order valence-corrected chi connectivity index (χ0v) is 30.1. The number of hydrogen-bond acceptors (Lipinski definition) is 13. The van der Waals surface area contributed by atoms with E-state index in [1.54, 1.807) is 24.8 Å². The molecule has 0 spiro atoms. The number of carbonyl (C=O) groups excluding carboxylic acids is 3. The number of aromatic nitrogens is 4. The van der Waals surface area contributed by atoms with E-state index in [9.17, 15) is 34.2 Å². The van der Waals surface area contributed by atoms with E-state index < -0.39 is 58.2 Å². The number of hydrogen-bond donors (Lipinski definition) is 4. The number of nitrogens with zero attached hydrogens (tertiary/aromatic N) is 4. The summed E-state index contributed by atoms with van der Waals surface area (Å²) in [5.41, 5.74) is 0.950. The third-order valence-corrected chi connectivity index (χ3v) is 11.8. The number of carboxylic acids is 2. The Bertz CT molecular complexity index is 1290. The van der Waals surface area contributed by atoms with Gasteiger partial charge in [0.1, 0.15) is 27.9 Å². The average molecular weight is 766 g/mol. The Morgan fingerprint density at radius 2 is 1.17 bits per heavy atom. The highest BCUT2D eigenvalue weighted by molar-refractivity contribution is 8.00. The Balaban J connectivity index is 1.98. The van der Waals surface area contributed by atoms with Gasteiger partial charge in [-0.1, -0.05) is 29.9 Å². The van der Waals surface area contributed by atoms with E-state index in [0.717, 1.165) is 0 Å². The molecule has 1 aliphatic carbocycles. The van der Waals surface area contributed by atoms with Gasteiger partial charge in [0.2, 0.25) is 11.8 Å². The van der Waals surface area contributed by atoms with E-state index in [-0.39, 0.29) is 27.7 Å². The molecule has 2 amide bonds. The molecule has 4 N–H and O–H groups in total. The molecule has 6 atom stereocenters. The minimum Gasteiger partial charge on any atom is -0.480 e. The van der Waals surface area contributed by atoms with Gasteiger partial charge in [0, 0.05) is 37.2 Å². The van der Waals surface area contributed by atoms with Crippen LogP contribution in [0.15, 0.2) is 34.8 Å². The molecule has 1 saturated carbocycles. The number of halogens is 2. The molecule has 0 aromatic carbocycles. The standard InChI is InChI=1S/C28H34Cl2N6O7S4/c1-14(37)35-20(27(40)41)10-44-25(18-6-33-22(8-31-18)46-12-29)16-4-3-5-17(24(16)39)26(19-7-34-23(9-32-19)47-13-30)45-11-21(28(42)43)36-15(2)38/h6-9,16-17,20-21,25-26H,3-5,10-13H2,1-2H3,(H,35,37)(H,36,38)(H,40,41)(H,42,43)/t16?,17?,20-,21-,25?,26?/m0/s1. The van der Waals surface area contributed by atoms with Crippen LogP contribution in [0.1, 0.15) is 55.0 Å². The second kappa shape index (κ2) is 19.6. The van der Waals surface area contributed by atoms with Gasteiger partial charge in [-0.15, -0.1) is 46.7 Å². The first kappa shape index (κ1) is 39.1. The van der Waals surface area contributed by atoms with E-state index >= 15 is 0 Å². The van der Waals surface area contributed by atoms with Crippen LogP contribution in [0.2, 0.25) is 0 Å². The number of thioether (sulfide) groups is 4. The quantitative estimate of drug-likeness (QED) is 0.124. The molecule has 19 heteroatoms. The van der Waals surface area contributed by atoms with E-state index in [2.05, 4.69) is 30.6 Å². The Morgan fingerprint density at radius 3 is 1.47 bits per heavy atom. The van der Waals surface area contributed by atoms with E-state index in [4.69, 9.17) is 23.2 Å². The minimum absolute atomic E-state index is 0.0335. The first-order valence-electron chi connectivity index (χ1n) is 14.2. The summed E-state index contributed by atoms with van der Waals surface area (Å²) < 4.78 is 0. The van der Waals surface area contributed by atoms with E-state index in [1.165, 1.54) is 60.9 Å². The monoisotopic (exact) mass is 764 g/mol. The third kappa shape index (κ3) is 12.0. The van der Waals surface area contributed by atoms with Gasteiger partial charge >= 0.3 is 11.9 Å². The van der Waals surface area contributed by atoms with Gasteiger partial charge in [-0.05, 0) is 12.8 Å². The lowest BCUT2D eigenvalue weighted by atomic mass is 9.76. The molecule has 2 aromatic rings. The number of aliphatic carboxylic acids is 2. The summed E-state index contributed by atoms with van der Waals surface area (Å²) >= 11 is 16.6. The van der Waals surface area contributed by atoms with E-state index in [0.29, 0.717) is 40.7 Å². The molecular formula is C28H34Cl2N6O7S4. The predicted molar refractivity (Wildman–Crippen MR) is 184 cm³/mol. The van der Waals surface area contributed by atoms with Crippen LogP contribution < -0.4 is 10.6 Å². The number of alkyl halides is 2. The number of ketones is 1. The molecule has 1 fully saturated rings. The van der Waals surface area contributed by atoms with Crippen LogP contribution in [0.4, 0.5) is 0 Å². The fourth-order valence-corrected chi connectivity index (χ4v) is 9.23. The normalized spacial score (nSPS) is 18.9. The lowest BCUT2D eigenvalue weighted by Crippen LogP contribution is -2.42. The molecule has 0 aliphatic heterocycles. The Morgan fingerprint density at radius 1 is 0.766 bits per heavy atom. The number of amides is 2. The molecule has 0 saturated heterocycles.